The van der Waals surface area contributed by atoms with Gasteiger partial charge in [0.1, 0.15) is 5.00 Å². The fourth-order valence-corrected chi connectivity index (χ4v) is 8.39. The van der Waals surface area contributed by atoms with Crippen LogP contribution in [0.4, 0.5) is 5.00 Å². The molecule has 1 fully saturated rings. The van der Waals surface area contributed by atoms with Gasteiger partial charge in [-0.1, -0.05) is 6.92 Å². The highest BCUT2D eigenvalue weighted by molar-refractivity contribution is 7.89. The Morgan fingerprint density at radius 3 is 2.29 bits per heavy atom. The summed E-state index contributed by atoms with van der Waals surface area (Å²) < 4.78 is 33.0. The molecule has 1 aromatic carbocycles. The number of nitrogens with zero attached hydrogens (tertiary/aromatic N) is 3. The second-order valence-corrected chi connectivity index (χ2v) is 13.7. The van der Waals surface area contributed by atoms with Crippen LogP contribution in [0.3, 0.4) is 0 Å². The molecule has 12 heteroatoms. The van der Waals surface area contributed by atoms with Crippen LogP contribution in [0.2, 0.25) is 0 Å². The molecule has 0 atom stereocenters. The Balaban J connectivity index is 1.51. The fourth-order valence-electron chi connectivity index (χ4n) is 5.64. The lowest BCUT2D eigenvalue weighted by Crippen LogP contribution is -2.40. The molecule has 2 aromatic rings. The minimum atomic E-state index is -3.77. The lowest BCUT2D eigenvalue weighted by atomic mass is 9.98. The molecule has 0 spiro atoms. The maximum Gasteiger partial charge on any atom is 0.309 e. The summed E-state index contributed by atoms with van der Waals surface area (Å²) in [6.45, 7) is 12.3. The number of piperidine rings is 1. The molecule has 2 amide bonds. The first kappa shape index (κ1) is 32.1. The van der Waals surface area contributed by atoms with Crippen LogP contribution in [0.25, 0.3) is 0 Å². The van der Waals surface area contributed by atoms with Crippen LogP contribution < -0.4 is 5.32 Å². The Bertz CT molecular complexity index is 1380. The van der Waals surface area contributed by atoms with E-state index < -0.39 is 15.9 Å². The summed E-state index contributed by atoms with van der Waals surface area (Å²) in [5.41, 5.74) is 1.90. The second kappa shape index (κ2) is 14.1. The highest BCUT2D eigenvalue weighted by Gasteiger charge is 2.33. The van der Waals surface area contributed by atoms with Crippen LogP contribution in [0, 0.1) is 5.92 Å². The van der Waals surface area contributed by atoms with Crippen molar-refractivity contribution in [2.45, 2.75) is 64.8 Å². The lowest BCUT2D eigenvalue weighted by molar-refractivity contribution is -0.149. The van der Waals surface area contributed by atoms with E-state index in [0.717, 1.165) is 42.9 Å². The van der Waals surface area contributed by atoms with E-state index in [4.69, 9.17) is 4.74 Å². The lowest BCUT2D eigenvalue weighted by Gasteiger charge is -2.30. The molecule has 1 N–H and O–H groups in total. The summed E-state index contributed by atoms with van der Waals surface area (Å²) in [7, 11) is -3.77. The van der Waals surface area contributed by atoms with Gasteiger partial charge in [0.05, 0.1) is 23.0 Å². The molecule has 3 heterocycles. The van der Waals surface area contributed by atoms with Gasteiger partial charge in [-0.05, 0) is 82.8 Å². The van der Waals surface area contributed by atoms with Crippen LogP contribution in [0.5, 0.6) is 0 Å². The van der Waals surface area contributed by atoms with Crippen LogP contribution in [0.1, 0.15) is 78.1 Å². The summed E-state index contributed by atoms with van der Waals surface area (Å²) >= 11 is 1.46. The molecular formula is C30H42N4O6S2. The topological polar surface area (TPSA) is 116 Å². The van der Waals surface area contributed by atoms with Crippen LogP contribution in [0.15, 0.2) is 29.2 Å². The third-order valence-corrected chi connectivity index (χ3v) is 11.0. The van der Waals surface area contributed by atoms with Gasteiger partial charge in [0.2, 0.25) is 10.0 Å². The van der Waals surface area contributed by atoms with Crippen molar-refractivity contribution in [3.8, 4) is 0 Å². The molecule has 1 saturated heterocycles. The summed E-state index contributed by atoms with van der Waals surface area (Å²) in [4.78, 5) is 44.3. The molecule has 230 valence electrons. The molecule has 1 aromatic heterocycles. The van der Waals surface area contributed by atoms with Crippen molar-refractivity contribution in [1.29, 1.82) is 0 Å². The molecule has 0 aliphatic carbocycles. The summed E-state index contributed by atoms with van der Waals surface area (Å²) in [6, 6.07) is 5.86. The van der Waals surface area contributed by atoms with Gasteiger partial charge in [-0.25, -0.2) is 8.42 Å². The number of sulfonamides is 1. The monoisotopic (exact) mass is 618 g/mol. The first-order valence-electron chi connectivity index (χ1n) is 14.9. The third kappa shape index (κ3) is 6.88. The zero-order valence-corrected chi connectivity index (χ0v) is 26.6. The maximum atomic E-state index is 13.6. The summed E-state index contributed by atoms with van der Waals surface area (Å²) in [6.07, 6.45) is 2.63. The second-order valence-electron chi connectivity index (χ2n) is 10.6. The molecular weight excluding hydrogens is 576 g/mol. The number of carbonyl (C=O) groups is 3. The fraction of sp³-hybridized carbons (Fsp3) is 0.567. The van der Waals surface area contributed by atoms with Crippen molar-refractivity contribution in [3.63, 3.8) is 0 Å². The Morgan fingerprint density at radius 1 is 1.02 bits per heavy atom. The summed E-state index contributed by atoms with van der Waals surface area (Å²) in [5.74, 6) is -1.05. The van der Waals surface area contributed by atoms with E-state index in [-0.39, 0.29) is 35.8 Å². The zero-order valence-electron chi connectivity index (χ0n) is 25.0. The van der Waals surface area contributed by atoms with Gasteiger partial charge in [0.15, 0.2) is 0 Å². The van der Waals surface area contributed by atoms with Gasteiger partial charge < -0.3 is 15.0 Å². The van der Waals surface area contributed by atoms with Gasteiger partial charge in [-0.3, -0.25) is 19.3 Å². The van der Waals surface area contributed by atoms with Gasteiger partial charge in [0, 0.05) is 49.7 Å². The molecule has 4 rings (SSSR count). The van der Waals surface area contributed by atoms with E-state index in [0.29, 0.717) is 48.7 Å². The molecule has 42 heavy (non-hydrogen) atoms. The van der Waals surface area contributed by atoms with Crippen molar-refractivity contribution in [2.75, 3.05) is 51.2 Å². The van der Waals surface area contributed by atoms with E-state index in [1.54, 1.807) is 11.8 Å². The number of amides is 2. The molecule has 10 nitrogen and oxygen atoms in total. The normalized spacial score (nSPS) is 16.6. The van der Waals surface area contributed by atoms with E-state index in [9.17, 15) is 22.8 Å². The number of nitrogens with one attached hydrogen (secondary N) is 1. The highest BCUT2D eigenvalue weighted by atomic mass is 32.2. The first-order chi connectivity index (χ1) is 20.1. The third-order valence-electron chi connectivity index (χ3n) is 8.00. The Morgan fingerprint density at radius 2 is 1.69 bits per heavy atom. The van der Waals surface area contributed by atoms with Crippen LogP contribution in [-0.4, -0.2) is 86.2 Å². The smallest absolute Gasteiger partial charge is 0.309 e. The first-order valence-corrected chi connectivity index (χ1v) is 17.1. The summed E-state index contributed by atoms with van der Waals surface area (Å²) in [5, 5.41) is 3.52. The van der Waals surface area contributed by atoms with Gasteiger partial charge in [-0.15, -0.1) is 11.3 Å². The maximum absolute atomic E-state index is 13.6. The molecule has 0 bridgehead atoms. The minimum Gasteiger partial charge on any atom is -0.466 e. The Hall–Kier alpha value is -2.80. The molecule has 2 aliphatic heterocycles. The van der Waals surface area contributed by atoms with E-state index in [2.05, 4.69) is 17.1 Å². The van der Waals surface area contributed by atoms with Crippen molar-refractivity contribution in [2.24, 2.45) is 5.92 Å². The number of anilines is 1. The minimum absolute atomic E-state index is 0.0788. The SMILES string of the molecule is CCCN1CCc2c(sc(NC(=O)c3ccc(S(=O)(=O)N4CCC(C(=O)OCC)CC4)cc3)c2C(=O)N(CC)CC)C1. The van der Waals surface area contributed by atoms with E-state index in [1.165, 1.54) is 39.9 Å². The van der Waals surface area contributed by atoms with Crippen LogP contribution in [-0.2, 0) is 32.5 Å². The standard InChI is InChI=1S/C30H42N4O6S2/c1-5-16-32-17-15-24-25(20-32)41-28(26(24)29(36)33(6-2)7-3)31-27(35)21-9-11-23(12-10-21)42(38,39)34-18-13-22(14-19-34)30(37)40-8-4/h9-12,22H,5-8,13-20H2,1-4H3,(H,31,35). The van der Waals surface area contributed by atoms with Crippen molar-refractivity contribution in [3.05, 3.63) is 45.8 Å². The number of fused-ring (bicyclic) bond motifs is 1. The van der Waals surface area contributed by atoms with Crippen molar-refractivity contribution in [1.82, 2.24) is 14.1 Å². The predicted molar refractivity (Wildman–Crippen MR) is 163 cm³/mol. The molecule has 0 saturated carbocycles. The van der Waals surface area contributed by atoms with Gasteiger partial charge in [0.25, 0.3) is 11.8 Å². The number of carbonyl (C=O) groups excluding carboxylic acids is 3. The highest BCUT2D eigenvalue weighted by Crippen LogP contribution is 2.38. The number of thiophene rings is 1. The number of esters is 1. The number of benzene rings is 1. The number of hydrogen-bond acceptors (Lipinski definition) is 8. The van der Waals surface area contributed by atoms with Crippen molar-refractivity contribution < 1.29 is 27.5 Å². The predicted octanol–water partition coefficient (Wildman–Crippen LogP) is 4.21. The average Bonchev–Trinajstić information content (AvgIpc) is 3.35. The molecule has 0 radical (unpaired) electrons. The molecule has 2 aliphatic rings. The average molecular weight is 619 g/mol. The Labute approximate surface area is 253 Å². The Kier molecular flexibility index (Phi) is 10.8. The van der Waals surface area contributed by atoms with Crippen LogP contribution >= 0.6 is 11.3 Å². The number of ether oxygens (including phenoxy) is 1. The quantitative estimate of drug-likeness (QED) is 0.375. The molecule has 0 unspecified atom stereocenters. The van der Waals surface area contributed by atoms with E-state index >= 15 is 0 Å². The number of hydrogen-bond donors (Lipinski definition) is 1. The number of rotatable bonds is 11. The van der Waals surface area contributed by atoms with Gasteiger partial charge >= 0.3 is 5.97 Å². The zero-order chi connectivity index (χ0) is 30.4. The van der Waals surface area contributed by atoms with E-state index in [1.807, 2.05) is 13.8 Å². The largest absolute Gasteiger partial charge is 0.466 e. The van der Waals surface area contributed by atoms with Crippen molar-refractivity contribution >= 4 is 44.1 Å². The van der Waals surface area contributed by atoms with Gasteiger partial charge in [-0.2, -0.15) is 4.31 Å².